The standard InChI is InChI=1S/C14H19Cl2N3O2/c1-9(2)18-14(21)17-4-5-19(10(3)20)13-7-11(15)6-12(16)8-13/h6-9H,4-5H2,1-3H3,(H2,17,18,21). The van der Waals surface area contributed by atoms with Crippen LogP contribution in [0.15, 0.2) is 18.2 Å². The Labute approximate surface area is 134 Å². The number of rotatable bonds is 5. The highest BCUT2D eigenvalue weighted by Crippen LogP contribution is 2.25. The van der Waals surface area contributed by atoms with Gasteiger partial charge in [-0.2, -0.15) is 0 Å². The summed E-state index contributed by atoms with van der Waals surface area (Å²) in [6, 6.07) is 4.70. The molecule has 0 aromatic heterocycles. The van der Waals surface area contributed by atoms with E-state index in [4.69, 9.17) is 23.2 Å². The van der Waals surface area contributed by atoms with E-state index in [-0.39, 0.29) is 18.0 Å². The highest BCUT2D eigenvalue weighted by molar-refractivity contribution is 6.35. The van der Waals surface area contributed by atoms with Crippen molar-refractivity contribution in [3.05, 3.63) is 28.2 Å². The Morgan fingerprint density at radius 2 is 1.76 bits per heavy atom. The number of nitrogens with zero attached hydrogens (tertiary/aromatic N) is 1. The Balaban J connectivity index is 2.66. The summed E-state index contributed by atoms with van der Waals surface area (Å²) in [6.07, 6.45) is 0. The molecule has 0 saturated heterocycles. The summed E-state index contributed by atoms with van der Waals surface area (Å²) in [7, 11) is 0. The molecule has 116 valence electrons. The van der Waals surface area contributed by atoms with Crippen LogP contribution in [0.3, 0.4) is 0 Å². The van der Waals surface area contributed by atoms with E-state index in [0.717, 1.165) is 0 Å². The lowest BCUT2D eigenvalue weighted by Gasteiger charge is -2.22. The predicted octanol–water partition coefficient (Wildman–Crippen LogP) is 3.05. The maximum atomic E-state index is 11.7. The van der Waals surface area contributed by atoms with Crippen LogP contribution < -0.4 is 15.5 Å². The van der Waals surface area contributed by atoms with Crippen molar-refractivity contribution in [3.63, 3.8) is 0 Å². The molecule has 1 rings (SSSR count). The zero-order valence-corrected chi connectivity index (χ0v) is 13.8. The molecule has 0 aliphatic carbocycles. The Hall–Kier alpha value is -1.46. The van der Waals surface area contributed by atoms with Gasteiger partial charge in [-0.05, 0) is 32.0 Å². The molecule has 0 radical (unpaired) electrons. The first-order chi connectivity index (χ1) is 9.79. The van der Waals surface area contributed by atoms with Gasteiger partial charge in [-0.25, -0.2) is 4.79 Å². The van der Waals surface area contributed by atoms with Crippen LogP contribution in [0.2, 0.25) is 10.0 Å². The van der Waals surface area contributed by atoms with Gasteiger partial charge in [-0.1, -0.05) is 23.2 Å². The summed E-state index contributed by atoms with van der Waals surface area (Å²) in [5.74, 6) is -0.153. The molecule has 1 aromatic rings. The van der Waals surface area contributed by atoms with Crippen LogP contribution in [0.4, 0.5) is 10.5 Å². The van der Waals surface area contributed by atoms with E-state index in [1.165, 1.54) is 11.8 Å². The maximum absolute atomic E-state index is 11.7. The largest absolute Gasteiger partial charge is 0.336 e. The van der Waals surface area contributed by atoms with Gasteiger partial charge in [0.1, 0.15) is 0 Å². The van der Waals surface area contributed by atoms with Crippen molar-refractivity contribution in [2.75, 3.05) is 18.0 Å². The first-order valence-electron chi connectivity index (χ1n) is 6.58. The average Bonchev–Trinajstić information content (AvgIpc) is 2.31. The second kappa shape index (κ2) is 8.10. The quantitative estimate of drug-likeness (QED) is 0.871. The number of benzene rings is 1. The lowest BCUT2D eigenvalue weighted by Crippen LogP contribution is -2.43. The van der Waals surface area contributed by atoms with Crippen LogP contribution in [-0.4, -0.2) is 31.1 Å². The van der Waals surface area contributed by atoms with Crippen LogP contribution in [0.1, 0.15) is 20.8 Å². The van der Waals surface area contributed by atoms with Crippen LogP contribution in [0, 0.1) is 0 Å². The summed E-state index contributed by atoms with van der Waals surface area (Å²) in [6.45, 7) is 5.84. The molecule has 2 N–H and O–H groups in total. The Kier molecular flexibility index (Phi) is 6.78. The van der Waals surface area contributed by atoms with Gasteiger partial charge in [0, 0.05) is 41.8 Å². The Morgan fingerprint density at radius 1 is 1.19 bits per heavy atom. The number of carbonyl (C=O) groups excluding carboxylic acids is 2. The Bertz CT molecular complexity index is 501. The number of carbonyl (C=O) groups is 2. The van der Waals surface area contributed by atoms with Gasteiger partial charge in [0.25, 0.3) is 0 Å². The summed E-state index contributed by atoms with van der Waals surface area (Å²) < 4.78 is 0. The summed E-state index contributed by atoms with van der Waals surface area (Å²) >= 11 is 11.9. The molecular formula is C14H19Cl2N3O2. The minimum Gasteiger partial charge on any atom is -0.336 e. The lowest BCUT2D eigenvalue weighted by atomic mass is 10.2. The number of hydrogen-bond acceptors (Lipinski definition) is 2. The van der Waals surface area contributed by atoms with Crippen molar-refractivity contribution in [2.45, 2.75) is 26.8 Å². The van der Waals surface area contributed by atoms with Gasteiger partial charge < -0.3 is 15.5 Å². The van der Waals surface area contributed by atoms with Gasteiger partial charge in [-0.15, -0.1) is 0 Å². The molecule has 5 nitrogen and oxygen atoms in total. The van der Waals surface area contributed by atoms with Crippen LogP contribution in [0.5, 0.6) is 0 Å². The highest BCUT2D eigenvalue weighted by atomic mass is 35.5. The van der Waals surface area contributed by atoms with Crippen molar-refractivity contribution in [1.82, 2.24) is 10.6 Å². The van der Waals surface area contributed by atoms with E-state index in [2.05, 4.69) is 10.6 Å². The highest BCUT2D eigenvalue weighted by Gasteiger charge is 2.13. The topological polar surface area (TPSA) is 61.4 Å². The van der Waals surface area contributed by atoms with E-state index in [1.807, 2.05) is 13.8 Å². The summed E-state index contributed by atoms with van der Waals surface area (Å²) in [5.41, 5.74) is 0.603. The number of amides is 3. The third-order valence-corrected chi connectivity index (χ3v) is 3.02. The van der Waals surface area contributed by atoms with E-state index < -0.39 is 0 Å². The fourth-order valence-corrected chi connectivity index (χ4v) is 2.27. The SMILES string of the molecule is CC(=O)N(CCNC(=O)NC(C)C)c1cc(Cl)cc(Cl)c1. The van der Waals surface area contributed by atoms with E-state index in [0.29, 0.717) is 28.8 Å². The number of anilines is 1. The normalized spacial score (nSPS) is 10.4. The first-order valence-corrected chi connectivity index (χ1v) is 7.33. The Morgan fingerprint density at radius 3 is 2.24 bits per heavy atom. The molecule has 0 atom stereocenters. The van der Waals surface area contributed by atoms with Crippen molar-refractivity contribution in [3.8, 4) is 0 Å². The molecular weight excluding hydrogens is 313 g/mol. The molecule has 1 aromatic carbocycles. The van der Waals surface area contributed by atoms with Crippen molar-refractivity contribution in [1.29, 1.82) is 0 Å². The second-order valence-corrected chi connectivity index (χ2v) is 5.73. The molecule has 0 bridgehead atoms. The van der Waals surface area contributed by atoms with Gasteiger partial charge >= 0.3 is 6.03 Å². The average molecular weight is 332 g/mol. The number of halogens is 2. The summed E-state index contributed by atoms with van der Waals surface area (Å²) in [4.78, 5) is 24.7. The zero-order chi connectivity index (χ0) is 16.0. The van der Waals surface area contributed by atoms with E-state index in [1.54, 1.807) is 18.2 Å². The minimum atomic E-state index is -0.266. The predicted molar refractivity (Wildman–Crippen MR) is 86.2 cm³/mol. The molecule has 0 saturated carbocycles. The minimum absolute atomic E-state index is 0.0562. The van der Waals surface area contributed by atoms with Crippen molar-refractivity contribution in [2.24, 2.45) is 0 Å². The molecule has 3 amide bonds. The van der Waals surface area contributed by atoms with Gasteiger partial charge in [-0.3, -0.25) is 4.79 Å². The van der Waals surface area contributed by atoms with E-state index >= 15 is 0 Å². The first kappa shape index (κ1) is 17.6. The fraction of sp³-hybridized carbons (Fsp3) is 0.429. The van der Waals surface area contributed by atoms with Crippen LogP contribution in [-0.2, 0) is 4.79 Å². The molecule has 0 spiro atoms. The molecule has 0 fully saturated rings. The lowest BCUT2D eigenvalue weighted by molar-refractivity contribution is -0.116. The van der Waals surface area contributed by atoms with Gasteiger partial charge in [0.2, 0.25) is 5.91 Å². The molecule has 0 aliphatic heterocycles. The molecule has 0 aliphatic rings. The fourth-order valence-electron chi connectivity index (χ4n) is 1.76. The van der Waals surface area contributed by atoms with Gasteiger partial charge in [0.15, 0.2) is 0 Å². The number of hydrogen-bond donors (Lipinski definition) is 2. The smallest absolute Gasteiger partial charge is 0.315 e. The van der Waals surface area contributed by atoms with Crippen molar-refractivity contribution >= 4 is 40.8 Å². The molecule has 21 heavy (non-hydrogen) atoms. The third kappa shape index (κ3) is 6.23. The van der Waals surface area contributed by atoms with Crippen LogP contribution in [0.25, 0.3) is 0 Å². The number of urea groups is 1. The van der Waals surface area contributed by atoms with Gasteiger partial charge in [0.05, 0.1) is 0 Å². The van der Waals surface area contributed by atoms with Crippen LogP contribution >= 0.6 is 23.2 Å². The monoisotopic (exact) mass is 331 g/mol. The van der Waals surface area contributed by atoms with Crippen molar-refractivity contribution < 1.29 is 9.59 Å². The second-order valence-electron chi connectivity index (χ2n) is 4.85. The third-order valence-electron chi connectivity index (χ3n) is 2.58. The molecule has 0 unspecified atom stereocenters. The molecule has 0 heterocycles. The molecule has 7 heteroatoms. The van der Waals surface area contributed by atoms with E-state index in [9.17, 15) is 9.59 Å². The maximum Gasteiger partial charge on any atom is 0.315 e. The number of nitrogens with one attached hydrogen (secondary N) is 2. The summed E-state index contributed by atoms with van der Waals surface area (Å²) in [5, 5.41) is 6.30. The zero-order valence-electron chi connectivity index (χ0n) is 12.2.